The van der Waals surface area contributed by atoms with Crippen molar-refractivity contribution >= 4 is 32.6 Å². The number of nitrogens with zero attached hydrogens (tertiary/aromatic N) is 5. The van der Waals surface area contributed by atoms with Crippen molar-refractivity contribution < 1.29 is 27.1 Å². The summed E-state index contributed by atoms with van der Waals surface area (Å²) in [5, 5.41) is 10.5. The normalized spacial score (nSPS) is 15.7. The number of fused-ring (bicyclic) bond motifs is 1. The first-order valence-electron chi connectivity index (χ1n) is 13.0. The van der Waals surface area contributed by atoms with Crippen molar-refractivity contribution in [1.29, 1.82) is 0 Å². The van der Waals surface area contributed by atoms with Crippen molar-refractivity contribution in [3.05, 3.63) is 88.9 Å². The maximum atomic E-state index is 15.7. The van der Waals surface area contributed by atoms with Crippen LogP contribution in [0, 0.1) is 11.6 Å². The largest absolute Gasteiger partial charge is 0.507 e. The van der Waals surface area contributed by atoms with Crippen LogP contribution in [0.3, 0.4) is 0 Å². The minimum absolute atomic E-state index is 0.0140. The van der Waals surface area contributed by atoms with Crippen LogP contribution in [0.2, 0.25) is 0 Å². The number of amides is 1. The molecule has 2 aromatic heterocycles. The molecule has 1 aliphatic rings. The highest BCUT2D eigenvalue weighted by Gasteiger charge is 2.30. The zero-order valence-electron chi connectivity index (χ0n) is 22.8. The molecule has 42 heavy (non-hydrogen) atoms. The molecule has 3 heterocycles. The molecule has 2 aromatic carbocycles. The summed E-state index contributed by atoms with van der Waals surface area (Å²) in [5.41, 5.74) is -1.65. The van der Waals surface area contributed by atoms with E-state index in [0.717, 1.165) is 23.0 Å². The number of halogens is 2. The van der Waals surface area contributed by atoms with Crippen molar-refractivity contribution in [3.63, 3.8) is 0 Å². The molecule has 1 aliphatic heterocycles. The fourth-order valence-electron chi connectivity index (χ4n) is 5.20. The Bertz CT molecular complexity index is 1890. The van der Waals surface area contributed by atoms with Crippen molar-refractivity contribution in [3.8, 4) is 17.0 Å². The van der Waals surface area contributed by atoms with Crippen LogP contribution in [-0.2, 0) is 21.2 Å². The van der Waals surface area contributed by atoms with E-state index in [1.165, 1.54) is 30.3 Å². The molecule has 10 nitrogen and oxygen atoms in total. The molecule has 0 spiro atoms. The molecule has 1 N–H and O–H groups in total. The molecule has 13 heteroatoms. The van der Waals surface area contributed by atoms with Crippen LogP contribution in [0.25, 0.3) is 22.3 Å². The van der Waals surface area contributed by atoms with Gasteiger partial charge in [-0.3, -0.25) is 9.36 Å². The second-order valence-corrected chi connectivity index (χ2v) is 12.0. The van der Waals surface area contributed by atoms with Gasteiger partial charge in [0.15, 0.2) is 15.7 Å². The predicted molar refractivity (Wildman–Crippen MR) is 153 cm³/mol. The average molecular weight is 596 g/mol. The highest BCUT2D eigenvalue weighted by Crippen LogP contribution is 2.35. The maximum absolute atomic E-state index is 15.7. The van der Waals surface area contributed by atoms with Crippen LogP contribution in [0.15, 0.2) is 70.9 Å². The van der Waals surface area contributed by atoms with Gasteiger partial charge in [0.25, 0.3) is 0 Å². The van der Waals surface area contributed by atoms with Crippen molar-refractivity contribution in [2.45, 2.75) is 24.4 Å². The third-order valence-corrected chi connectivity index (χ3v) is 8.40. The molecule has 218 valence electrons. The number of hydrogen-bond acceptors (Lipinski definition) is 8. The summed E-state index contributed by atoms with van der Waals surface area (Å²) in [6.45, 7) is 5.89. The Morgan fingerprint density at radius 3 is 2.52 bits per heavy atom. The first-order valence-corrected chi connectivity index (χ1v) is 14.8. The Morgan fingerprint density at radius 2 is 1.86 bits per heavy atom. The number of carbonyl (C=O) groups excluding carboxylic acids is 1. The lowest BCUT2D eigenvalue weighted by atomic mass is 10.1. The topological polar surface area (TPSA) is 126 Å². The van der Waals surface area contributed by atoms with Crippen molar-refractivity contribution in [1.82, 2.24) is 19.4 Å². The Morgan fingerprint density at radius 1 is 1.12 bits per heavy atom. The van der Waals surface area contributed by atoms with Crippen molar-refractivity contribution in [2.24, 2.45) is 0 Å². The minimum Gasteiger partial charge on any atom is -0.507 e. The summed E-state index contributed by atoms with van der Waals surface area (Å²) in [5.74, 6) is -2.59. The summed E-state index contributed by atoms with van der Waals surface area (Å²) < 4.78 is 56.5. The second-order valence-electron chi connectivity index (χ2n) is 10.0. The number of benzene rings is 2. The van der Waals surface area contributed by atoms with Gasteiger partial charge in [0.2, 0.25) is 5.91 Å². The van der Waals surface area contributed by atoms with Gasteiger partial charge in [0.1, 0.15) is 28.7 Å². The molecule has 1 amide bonds. The Hall–Kier alpha value is -4.65. The van der Waals surface area contributed by atoms with Gasteiger partial charge in [-0.2, -0.15) is 4.98 Å². The lowest BCUT2D eigenvalue weighted by Crippen LogP contribution is -2.54. The van der Waals surface area contributed by atoms with Gasteiger partial charge in [0.05, 0.1) is 22.4 Å². The molecule has 0 saturated carbocycles. The van der Waals surface area contributed by atoms with Gasteiger partial charge >= 0.3 is 5.69 Å². The van der Waals surface area contributed by atoms with Crippen LogP contribution in [0.1, 0.15) is 12.5 Å². The molecule has 1 fully saturated rings. The molecule has 1 saturated heterocycles. The number of rotatable bonds is 6. The third kappa shape index (κ3) is 5.22. The third-order valence-electron chi connectivity index (χ3n) is 7.20. The van der Waals surface area contributed by atoms with Crippen LogP contribution in [-0.4, -0.2) is 70.8 Å². The molecule has 0 aliphatic carbocycles. The van der Waals surface area contributed by atoms with Crippen LogP contribution in [0.5, 0.6) is 5.75 Å². The van der Waals surface area contributed by atoms with Gasteiger partial charge in [0, 0.05) is 31.9 Å². The minimum atomic E-state index is -3.68. The first-order chi connectivity index (χ1) is 19.9. The van der Waals surface area contributed by atoms with E-state index in [0.29, 0.717) is 6.54 Å². The lowest BCUT2D eigenvalue weighted by molar-refractivity contribution is -0.126. The van der Waals surface area contributed by atoms with E-state index in [2.05, 4.69) is 16.5 Å². The Kier molecular flexibility index (Phi) is 7.54. The van der Waals surface area contributed by atoms with Crippen LogP contribution in [0.4, 0.5) is 14.6 Å². The van der Waals surface area contributed by atoms with Gasteiger partial charge < -0.3 is 14.9 Å². The summed E-state index contributed by atoms with van der Waals surface area (Å²) in [6, 6.07) is 10.3. The first kappa shape index (κ1) is 28.9. The number of aromatic hydroxyl groups is 1. The number of phenolic OH excluding ortho intramolecular Hbond substituents is 1. The van der Waals surface area contributed by atoms with E-state index < -0.39 is 44.2 Å². The SMILES string of the molecule is C=CC(=O)N1CCN(c2nc(=O)n(Cc3ccccc3S(C)(=O)=O)c3nc(-c4c(O)cccc4F)c(F)cc23)[C@@H](C)C1. The van der Waals surface area contributed by atoms with E-state index in [9.17, 15) is 27.5 Å². The summed E-state index contributed by atoms with van der Waals surface area (Å²) >= 11 is 0. The molecule has 0 unspecified atom stereocenters. The number of sulfone groups is 1. The van der Waals surface area contributed by atoms with Gasteiger partial charge in [-0.1, -0.05) is 30.8 Å². The van der Waals surface area contributed by atoms with E-state index in [4.69, 9.17) is 0 Å². The van der Waals surface area contributed by atoms with Gasteiger partial charge in [-0.05, 0) is 42.8 Å². The van der Waals surface area contributed by atoms with E-state index in [1.54, 1.807) is 21.9 Å². The second kappa shape index (κ2) is 11.0. The summed E-state index contributed by atoms with van der Waals surface area (Å²) in [4.78, 5) is 37.7. The number of piperazine rings is 1. The number of pyridine rings is 1. The Balaban J connectivity index is 1.75. The molecule has 0 radical (unpaired) electrons. The van der Waals surface area contributed by atoms with E-state index in [-0.39, 0.29) is 58.9 Å². The zero-order valence-corrected chi connectivity index (χ0v) is 23.6. The van der Waals surface area contributed by atoms with Gasteiger partial charge in [-0.25, -0.2) is 27.0 Å². The molecule has 0 bridgehead atoms. The standard InChI is InChI=1S/C29H27F2N5O5S/c1-4-24(38)34-12-13-35(17(2)15-34)28-19-14-21(31)26(25-20(30)9-7-10-22(25)37)32-27(19)36(29(39)33-28)16-18-8-5-6-11-23(18)42(3,40)41/h4-11,14,17,37H,1,12-13,15-16H2,2-3H3/t17-/m0/s1. The van der Waals surface area contributed by atoms with Crippen LogP contribution < -0.4 is 10.6 Å². The number of aromatic nitrogens is 3. The molecular formula is C29H27F2N5O5S. The predicted octanol–water partition coefficient (Wildman–Crippen LogP) is 3.12. The highest BCUT2D eigenvalue weighted by atomic mass is 32.2. The van der Waals surface area contributed by atoms with Gasteiger partial charge in [-0.15, -0.1) is 0 Å². The molecule has 4 aromatic rings. The number of phenols is 1. The fraction of sp³-hybridized carbons (Fsp3) is 0.241. The summed E-state index contributed by atoms with van der Waals surface area (Å²) in [7, 11) is -3.68. The number of hydrogen-bond donors (Lipinski definition) is 1. The lowest BCUT2D eigenvalue weighted by Gasteiger charge is -2.40. The molecule has 5 rings (SSSR count). The monoisotopic (exact) mass is 595 g/mol. The molecular weight excluding hydrogens is 568 g/mol. The fourth-order valence-corrected chi connectivity index (χ4v) is 6.14. The summed E-state index contributed by atoms with van der Waals surface area (Å²) in [6.07, 6.45) is 2.25. The average Bonchev–Trinajstić information content (AvgIpc) is 2.94. The van der Waals surface area contributed by atoms with E-state index in [1.807, 2.05) is 6.92 Å². The maximum Gasteiger partial charge on any atom is 0.351 e. The molecule has 1 atom stereocenters. The Labute approximate surface area is 240 Å². The van der Waals surface area contributed by atoms with Crippen molar-refractivity contribution in [2.75, 3.05) is 30.8 Å². The number of anilines is 1. The van der Waals surface area contributed by atoms with Crippen LogP contribution >= 0.6 is 0 Å². The number of carbonyl (C=O) groups is 1. The highest BCUT2D eigenvalue weighted by molar-refractivity contribution is 7.90. The smallest absolute Gasteiger partial charge is 0.351 e. The van der Waals surface area contributed by atoms with E-state index >= 15 is 4.39 Å². The zero-order chi connectivity index (χ0) is 30.3. The quantitative estimate of drug-likeness (QED) is 0.337.